The summed E-state index contributed by atoms with van der Waals surface area (Å²) < 4.78 is 18.6. The summed E-state index contributed by atoms with van der Waals surface area (Å²) in [6.07, 6.45) is -3.47. The number of carbonyl (C=O) groups excluding carboxylic acids is 5. The standard InChI is InChI=1S/C55H48N6O12/c56-53(67)57-28-12-13-34-24-27-42-41(31-34)55(52(66)59(42)54(68)72-33-35-22-25-39(26-23-35)61(69)70)45(50(64)58-32-43(63)36-14-4-1-5-15-36)47-51(65)73-48(38-18-8-3-9-19-38)46(37-16-6-2-7-17-37)60(47)49(55)40-20-10-11-21-44(40)71-30-29-62/h1-11,14-27,31,43,45-49,62-63H,28-30,32-33H2,(H,58,64)(H3,56,57,67). The molecule has 3 aliphatic rings. The van der Waals surface area contributed by atoms with Gasteiger partial charge in [0.2, 0.25) is 11.8 Å². The first-order valence-corrected chi connectivity index (χ1v) is 23.3. The second-order valence-corrected chi connectivity index (χ2v) is 17.4. The Bertz CT molecular complexity index is 3110. The molecule has 2 fully saturated rings. The molecule has 0 bridgehead atoms. The number of esters is 1. The number of aliphatic hydroxyl groups is 2. The average molecular weight is 985 g/mol. The van der Waals surface area contributed by atoms with Crippen LogP contribution in [0.25, 0.3) is 0 Å². The van der Waals surface area contributed by atoms with Gasteiger partial charge in [0.15, 0.2) is 0 Å². The van der Waals surface area contributed by atoms with E-state index >= 15 is 14.4 Å². The first-order chi connectivity index (χ1) is 35.4. The number of carbonyl (C=O) groups is 5. The second-order valence-electron chi connectivity index (χ2n) is 17.4. The molecule has 18 heteroatoms. The van der Waals surface area contributed by atoms with Crippen molar-refractivity contribution in [1.82, 2.24) is 15.5 Å². The number of benzene rings is 6. The molecular weight excluding hydrogens is 937 g/mol. The number of nitrogens with two attached hydrogens (primary N) is 1. The molecule has 0 saturated carbocycles. The molecule has 7 atom stereocenters. The maximum Gasteiger partial charge on any atom is 0.421 e. The number of non-ortho nitro benzene ring substituents is 1. The summed E-state index contributed by atoms with van der Waals surface area (Å²) in [7, 11) is 0. The van der Waals surface area contributed by atoms with E-state index in [-0.39, 0.29) is 47.9 Å². The first-order valence-electron chi connectivity index (χ1n) is 23.3. The van der Waals surface area contributed by atoms with E-state index in [9.17, 15) is 29.9 Å². The molecule has 7 unspecified atom stereocenters. The number of morpholine rings is 1. The minimum Gasteiger partial charge on any atom is -0.491 e. The molecule has 73 heavy (non-hydrogen) atoms. The van der Waals surface area contributed by atoms with Gasteiger partial charge >= 0.3 is 18.1 Å². The lowest BCUT2D eigenvalue weighted by atomic mass is 9.65. The minimum absolute atomic E-state index is 0.0236. The average Bonchev–Trinajstić information content (AvgIpc) is 3.92. The molecule has 5 amide bonds. The summed E-state index contributed by atoms with van der Waals surface area (Å²) in [4.78, 5) is 87.8. The minimum atomic E-state index is -2.30. The molecule has 1 spiro atoms. The lowest BCUT2D eigenvalue weighted by Crippen LogP contribution is -2.56. The topological polar surface area (TPSA) is 253 Å². The Morgan fingerprint density at radius 2 is 1.49 bits per heavy atom. The normalized spacial score (nSPS) is 21.2. The molecule has 6 N–H and O–H groups in total. The number of rotatable bonds is 14. The van der Waals surface area contributed by atoms with E-state index in [0.29, 0.717) is 27.8 Å². The molecular formula is C55H48N6O12. The van der Waals surface area contributed by atoms with Gasteiger partial charge in [0.05, 0.1) is 47.9 Å². The molecule has 18 nitrogen and oxygen atoms in total. The van der Waals surface area contributed by atoms with Crippen LogP contribution in [0.5, 0.6) is 5.75 Å². The van der Waals surface area contributed by atoms with Crippen LogP contribution in [0.4, 0.5) is 21.0 Å². The summed E-state index contributed by atoms with van der Waals surface area (Å²) in [5.41, 5.74) is 5.51. The van der Waals surface area contributed by atoms with Crippen LogP contribution >= 0.6 is 0 Å². The number of fused-ring (bicyclic) bond motifs is 3. The molecule has 6 aromatic carbocycles. The van der Waals surface area contributed by atoms with Crippen molar-refractivity contribution >= 4 is 41.3 Å². The fraction of sp³-hybridized carbons (Fsp3) is 0.218. The highest BCUT2D eigenvalue weighted by molar-refractivity contribution is 6.23. The van der Waals surface area contributed by atoms with E-state index in [1.54, 1.807) is 89.8 Å². The predicted octanol–water partition coefficient (Wildman–Crippen LogP) is 5.84. The second kappa shape index (κ2) is 21.2. The van der Waals surface area contributed by atoms with E-state index in [4.69, 9.17) is 19.9 Å². The van der Waals surface area contributed by atoms with Crippen molar-refractivity contribution in [3.05, 3.63) is 207 Å². The molecule has 6 aromatic rings. The zero-order chi connectivity index (χ0) is 51.2. The van der Waals surface area contributed by atoms with Crippen molar-refractivity contribution < 1.29 is 53.3 Å². The van der Waals surface area contributed by atoms with E-state index in [0.717, 1.165) is 4.90 Å². The fourth-order valence-corrected chi connectivity index (χ4v) is 10.2. The number of hydrogen-bond donors (Lipinski definition) is 5. The molecule has 3 aliphatic heterocycles. The number of nitro groups is 1. The summed E-state index contributed by atoms with van der Waals surface area (Å²) in [5.74, 6) is 1.53. The molecule has 2 saturated heterocycles. The van der Waals surface area contributed by atoms with Crippen molar-refractivity contribution in [3.8, 4) is 17.6 Å². The van der Waals surface area contributed by atoms with Crippen LogP contribution in [-0.4, -0.2) is 82.3 Å². The number of imide groups is 1. The van der Waals surface area contributed by atoms with Crippen molar-refractivity contribution in [2.24, 2.45) is 11.7 Å². The lowest BCUT2D eigenvalue weighted by Gasteiger charge is -2.46. The number of anilines is 1. The Morgan fingerprint density at radius 3 is 2.16 bits per heavy atom. The SMILES string of the molecule is NC(=O)NCC#Cc1ccc2c(c1)C1(C(=O)N2C(=O)OCc2ccc([N+](=O)[O-])cc2)C(C(=O)NCC(O)c2ccccc2)C2C(=O)OC(c3ccccc3)C(c3ccccc3)N2C1c1ccccc1OCCO. The smallest absolute Gasteiger partial charge is 0.421 e. The van der Waals surface area contributed by atoms with Crippen LogP contribution in [0.1, 0.15) is 63.2 Å². The van der Waals surface area contributed by atoms with Gasteiger partial charge in [-0.05, 0) is 64.2 Å². The van der Waals surface area contributed by atoms with Crippen LogP contribution in [0, 0.1) is 27.9 Å². The summed E-state index contributed by atoms with van der Waals surface area (Å²) >= 11 is 0. The van der Waals surface area contributed by atoms with Crippen LogP contribution < -0.4 is 26.0 Å². The number of amides is 5. The number of nitrogens with zero attached hydrogens (tertiary/aromatic N) is 3. The molecule has 370 valence electrons. The number of nitrogens with one attached hydrogen (secondary N) is 2. The van der Waals surface area contributed by atoms with Crippen molar-refractivity contribution in [1.29, 1.82) is 0 Å². The number of aliphatic hydroxyl groups excluding tert-OH is 2. The summed E-state index contributed by atoms with van der Waals surface area (Å²) in [6, 6.07) is 38.5. The Balaban J connectivity index is 1.31. The fourth-order valence-electron chi connectivity index (χ4n) is 10.2. The third-order valence-corrected chi connectivity index (χ3v) is 13.2. The Morgan fingerprint density at radius 1 is 0.836 bits per heavy atom. The Labute approximate surface area is 418 Å². The maximum absolute atomic E-state index is 16.6. The molecule has 0 aliphatic carbocycles. The van der Waals surface area contributed by atoms with Gasteiger partial charge in [-0.2, -0.15) is 0 Å². The molecule has 0 radical (unpaired) electrons. The van der Waals surface area contributed by atoms with Crippen LogP contribution in [0.3, 0.4) is 0 Å². The maximum atomic E-state index is 16.6. The number of urea groups is 1. The Kier molecular flexibility index (Phi) is 14.3. The monoisotopic (exact) mass is 984 g/mol. The van der Waals surface area contributed by atoms with Crippen molar-refractivity contribution in [2.45, 2.75) is 42.4 Å². The number of para-hydroxylation sites is 1. The highest BCUT2D eigenvalue weighted by atomic mass is 16.6. The number of primary amides is 1. The number of nitro benzene ring substituents is 1. The number of ether oxygens (including phenoxy) is 3. The van der Waals surface area contributed by atoms with Crippen LogP contribution in [0.2, 0.25) is 0 Å². The predicted molar refractivity (Wildman–Crippen MR) is 263 cm³/mol. The van der Waals surface area contributed by atoms with Crippen molar-refractivity contribution in [2.75, 3.05) is 31.2 Å². The van der Waals surface area contributed by atoms with Gasteiger partial charge in [0.25, 0.3) is 5.69 Å². The third kappa shape index (κ3) is 9.43. The highest BCUT2D eigenvalue weighted by Crippen LogP contribution is 2.66. The van der Waals surface area contributed by atoms with Gasteiger partial charge in [-0.1, -0.05) is 121 Å². The zero-order valence-electron chi connectivity index (χ0n) is 38.9. The van der Waals surface area contributed by atoms with E-state index < -0.39 is 89.7 Å². The van der Waals surface area contributed by atoms with Gasteiger partial charge in [0, 0.05) is 29.8 Å². The van der Waals surface area contributed by atoms with Crippen LogP contribution in [-0.2, 0) is 35.9 Å². The Hall–Kier alpha value is -8.89. The van der Waals surface area contributed by atoms with Gasteiger partial charge in [-0.25, -0.2) is 14.5 Å². The lowest BCUT2D eigenvalue weighted by molar-refractivity contribution is -0.384. The summed E-state index contributed by atoms with van der Waals surface area (Å²) in [5, 5.41) is 38.3. The largest absolute Gasteiger partial charge is 0.491 e. The first kappa shape index (κ1) is 49.1. The highest BCUT2D eigenvalue weighted by Gasteiger charge is 2.76. The van der Waals surface area contributed by atoms with Gasteiger partial charge in [0.1, 0.15) is 36.5 Å². The van der Waals surface area contributed by atoms with Gasteiger partial charge < -0.3 is 40.8 Å². The molecule has 3 heterocycles. The molecule has 9 rings (SSSR count). The third-order valence-electron chi connectivity index (χ3n) is 13.2. The van der Waals surface area contributed by atoms with Crippen LogP contribution in [0.15, 0.2) is 158 Å². The van der Waals surface area contributed by atoms with Gasteiger partial charge in [-0.3, -0.25) is 29.4 Å². The van der Waals surface area contributed by atoms with Gasteiger partial charge in [-0.15, -0.1) is 0 Å². The zero-order valence-corrected chi connectivity index (χ0v) is 38.9. The van der Waals surface area contributed by atoms with E-state index in [1.807, 2.05) is 36.4 Å². The molecule has 0 aromatic heterocycles. The number of cyclic esters (lactones) is 1. The van der Waals surface area contributed by atoms with E-state index in [1.165, 1.54) is 36.4 Å². The van der Waals surface area contributed by atoms with E-state index in [2.05, 4.69) is 22.5 Å². The van der Waals surface area contributed by atoms with Crippen molar-refractivity contribution in [3.63, 3.8) is 0 Å². The quantitative estimate of drug-likeness (QED) is 0.0373. The number of hydrogen-bond acceptors (Lipinski definition) is 13. The summed E-state index contributed by atoms with van der Waals surface area (Å²) in [6.45, 7) is -1.55.